The summed E-state index contributed by atoms with van der Waals surface area (Å²) in [6, 6.07) is 9.04. The van der Waals surface area contributed by atoms with Gasteiger partial charge in [-0.15, -0.1) is 0 Å². The van der Waals surface area contributed by atoms with Crippen LogP contribution in [0.5, 0.6) is 5.75 Å². The molecule has 0 aromatic carbocycles. The molecule has 3 rings (SSSR count). The maximum atomic E-state index is 9.14. The Bertz CT molecular complexity index is 795. The molecule has 1 saturated carbocycles. The number of nitrogens with zero attached hydrogens (tertiary/aromatic N) is 5. The van der Waals surface area contributed by atoms with Gasteiger partial charge in [0, 0.05) is 18.5 Å². The summed E-state index contributed by atoms with van der Waals surface area (Å²) in [6.45, 7) is 1.80. The Morgan fingerprint density at radius 3 is 2.71 bits per heavy atom. The van der Waals surface area contributed by atoms with Gasteiger partial charge in [-0.1, -0.05) is 11.6 Å². The van der Waals surface area contributed by atoms with Crippen molar-refractivity contribution in [3.8, 4) is 23.7 Å². The van der Waals surface area contributed by atoms with Gasteiger partial charge in [-0.3, -0.25) is 0 Å². The van der Waals surface area contributed by atoms with Crippen LogP contribution < -0.4 is 4.74 Å². The van der Waals surface area contributed by atoms with Crippen LogP contribution in [0.4, 0.5) is 0 Å². The fourth-order valence-corrected chi connectivity index (χ4v) is 2.09. The Morgan fingerprint density at radius 1 is 1.38 bits per heavy atom. The average molecular weight is 300 g/mol. The van der Waals surface area contributed by atoms with E-state index in [2.05, 4.69) is 16.2 Å². The molecule has 0 atom stereocenters. The molecule has 1 fully saturated rings. The van der Waals surface area contributed by atoms with Crippen molar-refractivity contribution in [3.63, 3.8) is 0 Å². The molecule has 0 amide bonds. The van der Waals surface area contributed by atoms with E-state index in [9.17, 15) is 0 Å². The first-order valence-electron chi connectivity index (χ1n) is 6.31. The highest BCUT2D eigenvalue weighted by Crippen LogP contribution is 2.41. The maximum absolute atomic E-state index is 9.14. The van der Waals surface area contributed by atoms with Gasteiger partial charge in [0.25, 0.3) is 0 Å². The van der Waals surface area contributed by atoms with Gasteiger partial charge in [0.05, 0.1) is 0 Å². The van der Waals surface area contributed by atoms with Crippen LogP contribution in [0.2, 0.25) is 5.15 Å². The first-order valence-corrected chi connectivity index (χ1v) is 6.69. The lowest BCUT2D eigenvalue weighted by Gasteiger charge is -2.14. The van der Waals surface area contributed by atoms with Crippen molar-refractivity contribution < 1.29 is 4.74 Å². The molecule has 2 heterocycles. The Morgan fingerprint density at radius 2 is 2.14 bits per heavy atom. The van der Waals surface area contributed by atoms with Gasteiger partial charge < -0.3 is 4.74 Å². The molecule has 0 saturated heterocycles. The van der Waals surface area contributed by atoms with Crippen LogP contribution in [0.1, 0.15) is 24.2 Å². The van der Waals surface area contributed by atoms with Crippen LogP contribution in [0, 0.1) is 29.6 Å². The van der Waals surface area contributed by atoms with Crippen molar-refractivity contribution in [1.82, 2.24) is 14.8 Å². The number of hydrogen-bond acceptors (Lipinski definition) is 5. The van der Waals surface area contributed by atoms with Gasteiger partial charge in [-0.25, -0.2) is 9.67 Å². The van der Waals surface area contributed by atoms with E-state index in [1.165, 1.54) is 4.68 Å². The molecule has 0 radical (unpaired) electrons. The van der Waals surface area contributed by atoms with Gasteiger partial charge in [0.15, 0.2) is 22.9 Å². The van der Waals surface area contributed by atoms with Crippen molar-refractivity contribution in [2.45, 2.75) is 25.4 Å². The first kappa shape index (κ1) is 13.4. The monoisotopic (exact) mass is 299 g/mol. The van der Waals surface area contributed by atoms with Crippen molar-refractivity contribution >= 4 is 11.6 Å². The number of aromatic nitrogens is 3. The van der Waals surface area contributed by atoms with Crippen molar-refractivity contribution in [2.24, 2.45) is 0 Å². The first-order chi connectivity index (χ1) is 10.1. The summed E-state index contributed by atoms with van der Waals surface area (Å²) >= 11 is 5.94. The third kappa shape index (κ3) is 2.42. The largest absolute Gasteiger partial charge is 0.468 e. The molecule has 2 aromatic rings. The van der Waals surface area contributed by atoms with Crippen LogP contribution in [0.25, 0.3) is 5.82 Å². The Hall–Kier alpha value is -2.57. The normalized spacial score (nSPS) is 15.0. The van der Waals surface area contributed by atoms with Crippen molar-refractivity contribution in [1.29, 1.82) is 10.5 Å². The number of rotatable bonds is 3. The van der Waals surface area contributed by atoms with E-state index in [1.54, 1.807) is 25.1 Å². The van der Waals surface area contributed by atoms with Crippen LogP contribution in [0.3, 0.4) is 0 Å². The van der Waals surface area contributed by atoms with Crippen molar-refractivity contribution in [3.05, 3.63) is 34.7 Å². The zero-order valence-corrected chi connectivity index (χ0v) is 11.9. The Labute approximate surface area is 126 Å². The van der Waals surface area contributed by atoms with Gasteiger partial charge in [-0.2, -0.15) is 15.6 Å². The van der Waals surface area contributed by atoms with Crippen LogP contribution >= 0.6 is 11.6 Å². The predicted octanol–water partition coefficient (Wildman–Crippen LogP) is 2.54. The summed E-state index contributed by atoms with van der Waals surface area (Å²) < 4.78 is 7.27. The number of aryl methyl sites for hydroxylation is 1. The molecule has 1 aliphatic carbocycles. The lowest BCUT2D eigenvalue weighted by molar-refractivity contribution is 0.235. The van der Waals surface area contributed by atoms with Gasteiger partial charge in [0.2, 0.25) is 0 Å². The Balaban J connectivity index is 2.08. The number of hydrogen-bond donors (Lipinski definition) is 0. The minimum atomic E-state index is -0.774. The minimum Gasteiger partial charge on any atom is -0.468 e. The quantitative estimate of drug-likeness (QED) is 0.813. The van der Waals surface area contributed by atoms with Gasteiger partial charge in [-0.05, 0) is 25.1 Å². The summed E-state index contributed by atoms with van der Waals surface area (Å²) in [7, 11) is 0. The summed E-state index contributed by atoms with van der Waals surface area (Å²) in [5.74, 6) is 0.803. The molecular weight excluding hydrogens is 290 g/mol. The second kappa shape index (κ2) is 4.76. The SMILES string of the molecule is Cc1cc(C#N)nn1-c1nc(Cl)ccc1OC1(C#N)CC1. The number of ether oxygens (including phenoxy) is 1. The van der Waals surface area contributed by atoms with Gasteiger partial charge >= 0.3 is 0 Å². The maximum Gasteiger partial charge on any atom is 0.198 e. The topological polar surface area (TPSA) is 87.5 Å². The molecule has 21 heavy (non-hydrogen) atoms. The minimum absolute atomic E-state index is 0.279. The second-order valence-electron chi connectivity index (χ2n) is 4.86. The molecule has 0 N–H and O–H groups in total. The predicted molar refractivity (Wildman–Crippen MR) is 74.0 cm³/mol. The summed E-state index contributed by atoms with van der Waals surface area (Å²) in [5, 5.41) is 22.5. The summed E-state index contributed by atoms with van der Waals surface area (Å²) in [5.41, 5.74) is 0.234. The molecule has 0 aliphatic heterocycles. The van der Waals surface area contributed by atoms with E-state index in [4.69, 9.17) is 26.9 Å². The highest BCUT2D eigenvalue weighted by Gasteiger charge is 2.46. The summed E-state index contributed by atoms with van der Waals surface area (Å²) in [6.07, 6.45) is 1.38. The van der Waals surface area contributed by atoms with E-state index in [1.807, 2.05) is 6.07 Å². The smallest absolute Gasteiger partial charge is 0.198 e. The standard InChI is InChI=1S/C14H10ClN5O/c1-9-6-10(7-16)19-20(9)13-11(2-3-12(15)18-13)21-14(8-17)4-5-14/h2-3,6H,4-5H2,1H3. The van der Waals surface area contributed by atoms with Gasteiger partial charge in [0.1, 0.15) is 17.3 Å². The zero-order valence-electron chi connectivity index (χ0n) is 11.2. The third-order valence-electron chi connectivity index (χ3n) is 3.22. The molecule has 0 spiro atoms. The van der Waals surface area contributed by atoms with E-state index in [0.717, 1.165) is 5.69 Å². The molecule has 0 unspecified atom stereocenters. The molecule has 7 heteroatoms. The van der Waals surface area contributed by atoms with E-state index in [0.29, 0.717) is 24.4 Å². The summed E-state index contributed by atoms with van der Waals surface area (Å²) in [4.78, 5) is 4.22. The third-order valence-corrected chi connectivity index (χ3v) is 3.43. The molecule has 2 aromatic heterocycles. The number of pyridine rings is 1. The Kier molecular flexibility index (Phi) is 3.04. The molecular formula is C14H10ClN5O. The van der Waals surface area contributed by atoms with Crippen LogP contribution in [0.15, 0.2) is 18.2 Å². The second-order valence-corrected chi connectivity index (χ2v) is 5.25. The van der Waals surface area contributed by atoms with Crippen molar-refractivity contribution in [2.75, 3.05) is 0 Å². The zero-order chi connectivity index (χ0) is 15.0. The van der Waals surface area contributed by atoms with Crippen LogP contribution in [-0.2, 0) is 0 Å². The number of halogens is 1. The fraction of sp³-hybridized carbons (Fsp3) is 0.286. The highest BCUT2D eigenvalue weighted by molar-refractivity contribution is 6.29. The highest BCUT2D eigenvalue weighted by atomic mass is 35.5. The van der Waals surface area contributed by atoms with E-state index >= 15 is 0 Å². The molecule has 104 valence electrons. The molecule has 6 nitrogen and oxygen atoms in total. The number of nitriles is 2. The lowest BCUT2D eigenvalue weighted by atomic mass is 10.3. The van der Waals surface area contributed by atoms with E-state index < -0.39 is 5.60 Å². The lowest BCUT2D eigenvalue weighted by Crippen LogP contribution is -2.17. The molecule has 0 bridgehead atoms. The average Bonchev–Trinajstić information content (AvgIpc) is 3.16. The van der Waals surface area contributed by atoms with E-state index in [-0.39, 0.29) is 10.8 Å². The molecule has 1 aliphatic rings. The van der Waals surface area contributed by atoms with Crippen LogP contribution in [-0.4, -0.2) is 20.4 Å². The fourth-order valence-electron chi connectivity index (χ4n) is 1.95.